The van der Waals surface area contributed by atoms with E-state index in [1.54, 1.807) is 0 Å². The van der Waals surface area contributed by atoms with Gasteiger partial charge in [-0.25, -0.2) is 0 Å². The molecule has 4 heteroatoms. The maximum absolute atomic E-state index is 11.5. The van der Waals surface area contributed by atoms with Crippen molar-refractivity contribution in [3.63, 3.8) is 0 Å². The maximum Gasteiger partial charge on any atom is 0.251 e. The number of alkyl halides is 1. The number of carbonyl (C=O) groups excluding carboxylic acids is 1. The topological polar surface area (TPSA) is 38.3 Å². The number of benzene rings is 1. The van der Waals surface area contributed by atoms with E-state index in [9.17, 15) is 4.79 Å². The summed E-state index contributed by atoms with van der Waals surface area (Å²) in [6.07, 6.45) is 1.70. The lowest BCUT2D eigenvalue weighted by atomic mass is 10.0. The quantitative estimate of drug-likeness (QED) is 0.645. The van der Waals surface area contributed by atoms with E-state index in [-0.39, 0.29) is 5.91 Å². The van der Waals surface area contributed by atoms with Gasteiger partial charge in [-0.1, -0.05) is 0 Å². The largest absolute Gasteiger partial charge is 0.494 e. The van der Waals surface area contributed by atoms with Crippen LogP contribution in [-0.4, -0.2) is 24.9 Å². The minimum atomic E-state index is 0.00792. The van der Waals surface area contributed by atoms with Crippen molar-refractivity contribution >= 4 is 17.5 Å². The molecule has 16 heavy (non-hydrogen) atoms. The Morgan fingerprint density at radius 3 is 3.12 bits per heavy atom. The minimum absolute atomic E-state index is 0.00792. The van der Waals surface area contributed by atoms with E-state index in [0.717, 1.165) is 29.7 Å². The van der Waals surface area contributed by atoms with Gasteiger partial charge in [-0.3, -0.25) is 4.79 Å². The van der Waals surface area contributed by atoms with Gasteiger partial charge in [0.25, 0.3) is 5.91 Å². The number of halogens is 1. The summed E-state index contributed by atoms with van der Waals surface area (Å²) in [7, 11) is 0. The molecule has 0 saturated heterocycles. The maximum atomic E-state index is 11.5. The van der Waals surface area contributed by atoms with Crippen molar-refractivity contribution < 1.29 is 9.53 Å². The van der Waals surface area contributed by atoms with Gasteiger partial charge in [0.05, 0.1) is 6.61 Å². The van der Waals surface area contributed by atoms with Crippen LogP contribution in [0.2, 0.25) is 0 Å². The van der Waals surface area contributed by atoms with Crippen LogP contribution in [0.5, 0.6) is 5.75 Å². The molecule has 3 nitrogen and oxygen atoms in total. The molecule has 1 N–H and O–H groups in total. The molecule has 1 aliphatic heterocycles. The van der Waals surface area contributed by atoms with Crippen LogP contribution in [0.15, 0.2) is 18.2 Å². The molecule has 0 aromatic heterocycles. The lowest BCUT2D eigenvalue weighted by Crippen LogP contribution is -2.31. The number of fused-ring (bicyclic) bond motifs is 1. The van der Waals surface area contributed by atoms with Gasteiger partial charge in [-0.05, 0) is 36.6 Å². The lowest BCUT2D eigenvalue weighted by molar-refractivity contribution is 0.0946. The summed E-state index contributed by atoms with van der Waals surface area (Å²) in [4.78, 5) is 11.5. The van der Waals surface area contributed by atoms with Gasteiger partial charge >= 0.3 is 0 Å². The first-order chi connectivity index (χ1) is 7.81. The van der Waals surface area contributed by atoms with Crippen molar-refractivity contribution in [3.05, 3.63) is 29.3 Å². The Bertz CT molecular complexity index is 393. The summed E-state index contributed by atoms with van der Waals surface area (Å²) in [5.74, 6) is 1.43. The molecule has 0 spiro atoms. The Hall–Kier alpha value is -1.22. The number of nitrogens with one attached hydrogen (secondary N) is 1. The zero-order valence-corrected chi connectivity index (χ0v) is 9.72. The Balaban J connectivity index is 2.09. The van der Waals surface area contributed by atoms with Crippen molar-refractivity contribution in [1.29, 1.82) is 0 Å². The number of rotatable bonds is 4. The number of hydrogen-bond acceptors (Lipinski definition) is 2. The fraction of sp³-hybridized carbons (Fsp3) is 0.417. The Morgan fingerprint density at radius 2 is 2.31 bits per heavy atom. The predicted molar refractivity (Wildman–Crippen MR) is 63.3 cm³/mol. The molecule has 1 heterocycles. The highest BCUT2D eigenvalue weighted by molar-refractivity contribution is 6.17. The molecule has 0 fully saturated rings. The molecule has 1 aromatic carbocycles. The number of hydrogen-bond donors (Lipinski definition) is 1. The van der Waals surface area contributed by atoms with Crippen molar-refractivity contribution in [2.45, 2.75) is 12.8 Å². The van der Waals surface area contributed by atoms with Gasteiger partial charge in [0, 0.05) is 18.0 Å². The molecule has 1 aromatic rings. The summed E-state index contributed by atoms with van der Waals surface area (Å²) in [6, 6.07) is 5.60. The fourth-order valence-electron chi connectivity index (χ4n) is 1.74. The van der Waals surface area contributed by atoms with Crippen molar-refractivity contribution in [1.82, 2.24) is 5.32 Å². The second kappa shape index (κ2) is 5.21. The van der Waals surface area contributed by atoms with E-state index >= 15 is 0 Å². The van der Waals surface area contributed by atoms with Crippen molar-refractivity contribution in [3.8, 4) is 5.75 Å². The number of ether oxygens (including phenoxy) is 1. The predicted octanol–water partition coefficient (Wildman–Crippen LogP) is 1.98. The molecule has 0 aliphatic carbocycles. The highest BCUT2D eigenvalue weighted by Gasteiger charge is 2.16. The third-order valence-electron chi connectivity index (χ3n) is 2.55. The smallest absolute Gasteiger partial charge is 0.251 e. The van der Waals surface area contributed by atoms with Gasteiger partial charge in [-0.15, -0.1) is 11.6 Å². The van der Waals surface area contributed by atoms with E-state index in [1.807, 2.05) is 18.2 Å². The summed E-state index contributed by atoms with van der Waals surface area (Å²) in [5.41, 5.74) is 1.82. The normalized spacial score (nSPS) is 14.2. The molecule has 0 atom stereocenters. The third-order valence-corrected chi connectivity index (χ3v) is 2.82. The average Bonchev–Trinajstić information content (AvgIpc) is 2.30. The number of amides is 1. The van der Waals surface area contributed by atoms with E-state index < -0.39 is 0 Å². The monoisotopic (exact) mass is 239 g/mol. The van der Waals surface area contributed by atoms with E-state index in [4.69, 9.17) is 16.3 Å². The summed E-state index contributed by atoms with van der Waals surface area (Å²) in [6.45, 7) is 1.32. The van der Waals surface area contributed by atoms with Crippen LogP contribution in [0.4, 0.5) is 0 Å². The third kappa shape index (κ3) is 2.47. The molecule has 0 radical (unpaired) electrons. The van der Waals surface area contributed by atoms with Crippen LogP contribution >= 0.6 is 11.6 Å². The van der Waals surface area contributed by atoms with Crippen molar-refractivity contribution in [2.75, 3.05) is 19.0 Å². The van der Waals surface area contributed by atoms with Gasteiger partial charge in [0.2, 0.25) is 0 Å². The van der Waals surface area contributed by atoms with Gasteiger partial charge < -0.3 is 10.1 Å². The first-order valence-electron chi connectivity index (χ1n) is 5.41. The van der Waals surface area contributed by atoms with Crippen LogP contribution < -0.4 is 10.1 Å². The minimum Gasteiger partial charge on any atom is -0.494 e. The highest BCUT2D eigenvalue weighted by atomic mass is 35.5. The Kier molecular flexibility index (Phi) is 3.67. The van der Waals surface area contributed by atoms with E-state index in [1.165, 1.54) is 0 Å². The first-order valence-corrected chi connectivity index (χ1v) is 5.94. The summed E-state index contributed by atoms with van der Waals surface area (Å²) < 4.78 is 5.53. The molecular formula is C12H14ClNO2. The number of carbonyl (C=O) groups is 1. The van der Waals surface area contributed by atoms with Crippen LogP contribution in [0.3, 0.4) is 0 Å². The molecular weight excluding hydrogens is 226 g/mol. The molecule has 2 rings (SSSR count). The zero-order chi connectivity index (χ0) is 11.4. The van der Waals surface area contributed by atoms with E-state index in [0.29, 0.717) is 19.0 Å². The first kappa shape index (κ1) is 11.3. The molecule has 1 amide bonds. The lowest BCUT2D eigenvalue weighted by Gasteiger charge is -2.17. The zero-order valence-electron chi connectivity index (χ0n) is 8.96. The molecule has 1 aliphatic rings. The molecule has 0 unspecified atom stereocenters. The second-order valence-electron chi connectivity index (χ2n) is 3.72. The standard InChI is InChI=1S/C12H14ClNO2/c13-5-1-7-16-10-2-3-11-9(8-10)4-6-14-12(11)15/h2-3,8H,1,4-7H2,(H,14,15). The fourth-order valence-corrected chi connectivity index (χ4v) is 1.85. The second-order valence-corrected chi connectivity index (χ2v) is 4.09. The Labute approximate surface area is 99.7 Å². The van der Waals surface area contributed by atoms with Gasteiger partial charge in [0.1, 0.15) is 5.75 Å². The van der Waals surface area contributed by atoms with Crippen LogP contribution in [0.1, 0.15) is 22.3 Å². The summed E-state index contributed by atoms with van der Waals surface area (Å²) in [5, 5.41) is 2.81. The van der Waals surface area contributed by atoms with Crippen molar-refractivity contribution in [2.24, 2.45) is 0 Å². The average molecular weight is 240 g/mol. The molecule has 0 bridgehead atoms. The van der Waals surface area contributed by atoms with Gasteiger partial charge in [0.15, 0.2) is 0 Å². The van der Waals surface area contributed by atoms with Crippen LogP contribution in [0.25, 0.3) is 0 Å². The Morgan fingerprint density at radius 1 is 1.44 bits per heavy atom. The van der Waals surface area contributed by atoms with Crippen LogP contribution in [0, 0.1) is 0 Å². The summed E-state index contributed by atoms with van der Waals surface area (Å²) >= 11 is 5.57. The SMILES string of the molecule is O=C1NCCc2cc(OCCCCl)ccc21. The van der Waals surface area contributed by atoms with E-state index in [2.05, 4.69) is 5.32 Å². The molecule has 86 valence electrons. The molecule has 0 saturated carbocycles. The highest BCUT2D eigenvalue weighted by Crippen LogP contribution is 2.20. The van der Waals surface area contributed by atoms with Crippen LogP contribution in [-0.2, 0) is 6.42 Å². The van der Waals surface area contributed by atoms with Gasteiger partial charge in [-0.2, -0.15) is 0 Å².